The first kappa shape index (κ1) is 16.4. The van der Waals surface area contributed by atoms with Crippen LogP contribution < -0.4 is 9.80 Å². The molecule has 25 heavy (non-hydrogen) atoms. The minimum Gasteiger partial charge on any atom is -0.447 e. The minimum absolute atomic E-state index is 0.00372. The third-order valence-corrected chi connectivity index (χ3v) is 5.89. The highest BCUT2D eigenvalue weighted by Gasteiger charge is 2.45. The predicted octanol–water partition coefficient (Wildman–Crippen LogP) is 3.40. The number of aromatic nitrogens is 1. The van der Waals surface area contributed by atoms with Gasteiger partial charge in [-0.1, -0.05) is 0 Å². The van der Waals surface area contributed by atoms with Crippen molar-refractivity contribution in [2.45, 2.75) is 52.0 Å². The van der Waals surface area contributed by atoms with E-state index < -0.39 is 5.54 Å². The Labute approximate surface area is 148 Å². The molecule has 3 aliphatic rings. The molecule has 0 atom stereocenters. The van der Waals surface area contributed by atoms with Gasteiger partial charge in [0.15, 0.2) is 5.78 Å². The first-order chi connectivity index (χ1) is 11.8. The summed E-state index contributed by atoms with van der Waals surface area (Å²) in [6.45, 7) is 7.66. The number of ketones is 1. The van der Waals surface area contributed by atoms with Crippen LogP contribution in [0.4, 0.5) is 16.4 Å². The number of pyridine rings is 1. The Kier molecular flexibility index (Phi) is 3.56. The van der Waals surface area contributed by atoms with E-state index in [-0.39, 0.29) is 11.9 Å². The van der Waals surface area contributed by atoms with Gasteiger partial charge in [0.1, 0.15) is 18.2 Å². The average molecular weight is 343 g/mol. The van der Waals surface area contributed by atoms with Gasteiger partial charge in [-0.05, 0) is 64.0 Å². The molecule has 1 aliphatic carbocycles. The molecule has 4 rings (SSSR count). The summed E-state index contributed by atoms with van der Waals surface area (Å²) < 4.78 is 5.20. The van der Waals surface area contributed by atoms with Crippen LogP contribution in [0.3, 0.4) is 0 Å². The Morgan fingerprint density at radius 1 is 1.16 bits per heavy atom. The van der Waals surface area contributed by atoms with E-state index in [0.717, 1.165) is 25.9 Å². The number of amides is 1. The maximum Gasteiger partial charge on any atom is 0.416 e. The number of hydrogen-bond acceptors (Lipinski definition) is 5. The lowest BCUT2D eigenvalue weighted by Crippen LogP contribution is -2.43. The molecule has 1 spiro atoms. The molecule has 3 fully saturated rings. The van der Waals surface area contributed by atoms with Crippen molar-refractivity contribution in [3.63, 3.8) is 0 Å². The fourth-order valence-corrected chi connectivity index (χ4v) is 3.97. The van der Waals surface area contributed by atoms with Crippen molar-refractivity contribution in [1.82, 2.24) is 4.98 Å². The molecule has 0 bridgehead atoms. The van der Waals surface area contributed by atoms with E-state index in [4.69, 9.17) is 9.72 Å². The van der Waals surface area contributed by atoms with E-state index in [1.54, 1.807) is 24.0 Å². The first-order valence-corrected chi connectivity index (χ1v) is 9.05. The van der Waals surface area contributed by atoms with Crippen molar-refractivity contribution in [2.75, 3.05) is 29.5 Å². The Bertz CT molecular complexity index is 729. The number of hydrogen-bond donors (Lipinski definition) is 0. The molecular formula is C19H25N3O3. The normalized spacial score (nSPS) is 23.7. The third kappa shape index (κ3) is 2.77. The number of nitrogens with zero attached hydrogens (tertiary/aromatic N) is 3. The molecule has 0 unspecified atom stereocenters. The zero-order valence-electron chi connectivity index (χ0n) is 15.2. The van der Waals surface area contributed by atoms with Crippen LogP contribution in [0.15, 0.2) is 12.1 Å². The number of ether oxygens (including phenoxy) is 1. The predicted molar refractivity (Wildman–Crippen MR) is 95.3 cm³/mol. The van der Waals surface area contributed by atoms with E-state index in [0.29, 0.717) is 29.2 Å². The zero-order chi connectivity index (χ0) is 17.8. The average Bonchev–Trinajstić information content (AvgIpc) is 3.26. The number of anilines is 2. The molecule has 0 aromatic carbocycles. The maximum atomic E-state index is 12.2. The lowest BCUT2D eigenvalue weighted by atomic mass is 9.93. The maximum absolute atomic E-state index is 12.2. The molecule has 134 valence electrons. The fourth-order valence-electron chi connectivity index (χ4n) is 3.97. The van der Waals surface area contributed by atoms with Crippen molar-refractivity contribution in [3.8, 4) is 0 Å². The molecular weight excluding hydrogens is 318 g/mol. The number of piperidine rings is 1. The first-order valence-electron chi connectivity index (χ1n) is 9.05. The van der Waals surface area contributed by atoms with Gasteiger partial charge in [-0.2, -0.15) is 0 Å². The third-order valence-electron chi connectivity index (χ3n) is 5.89. The summed E-state index contributed by atoms with van der Waals surface area (Å²) in [4.78, 5) is 32.8. The summed E-state index contributed by atoms with van der Waals surface area (Å²) in [5.41, 5.74) is 0.741. The van der Waals surface area contributed by atoms with Gasteiger partial charge >= 0.3 is 6.09 Å². The number of carbonyl (C=O) groups excluding carboxylic acids is 2. The molecule has 0 N–H and O–H groups in total. The van der Waals surface area contributed by atoms with Gasteiger partial charge in [0.05, 0.1) is 11.1 Å². The molecule has 3 heterocycles. The van der Waals surface area contributed by atoms with Crippen LogP contribution in [0.25, 0.3) is 0 Å². The SMILES string of the molecule is CC(=O)c1ccc(N2C(=O)OCC2(C)C)nc1N1CCC2(CC1)CC2. The summed E-state index contributed by atoms with van der Waals surface area (Å²) in [7, 11) is 0. The van der Waals surface area contributed by atoms with Crippen LogP contribution in [0.5, 0.6) is 0 Å². The van der Waals surface area contributed by atoms with E-state index >= 15 is 0 Å². The highest BCUT2D eigenvalue weighted by Crippen LogP contribution is 2.54. The number of carbonyl (C=O) groups is 2. The molecule has 2 aliphatic heterocycles. The highest BCUT2D eigenvalue weighted by molar-refractivity contribution is 6.00. The van der Waals surface area contributed by atoms with Gasteiger partial charge < -0.3 is 9.64 Å². The van der Waals surface area contributed by atoms with Crippen molar-refractivity contribution >= 4 is 23.5 Å². The summed E-state index contributed by atoms with van der Waals surface area (Å²) in [6, 6.07) is 3.55. The van der Waals surface area contributed by atoms with E-state index in [2.05, 4.69) is 4.90 Å². The van der Waals surface area contributed by atoms with Crippen molar-refractivity contribution in [3.05, 3.63) is 17.7 Å². The van der Waals surface area contributed by atoms with Crippen molar-refractivity contribution in [1.29, 1.82) is 0 Å². The molecule has 2 saturated heterocycles. The quantitative estimate of drug-likeness (QED) is 0.787. The second-order valence-corrected chi connectivity index (χ2v) is 8.29. The van der Waals surface area contributed by atoms with Gasteiger partial charge in [0.2, 0.25) is 0 Å². The number of Topliss-reactive ketones (excluding diaryl/α,β-unsaturated/α-hetero) is 1. The van der Waals surface area contributed by atoms with Crippen molar-refractivity contribution in [2.24, 2.45) is 5.41 Å². The van der Waals surface area contributed by atoms with Crippen LogP contribution >= 0.6 is 0 Å². The Morgan fingerprint density at radius 2 is 1.84 bits per heavy atom. The lowest BCUT2D eigenvalue weighted by Gasteiger charge is -2.35. The molecule has 1 aromatic heterocycles. The summed E-state index contributed by atoms with van der Waals surface area (Å²) >= 11 is 0. The van der Waals surface area contributed by atoms with Gasteiger partial charge in [-0.3, -0.25) is 9.69 Å². The Morgan fingerprint density at radius 3 is 2.36 bits per heavy atom. The van der Waals surface area contributed by atoms with Crippen molar-refractivity contribution < 1.29 is 14.3 Å². The highest BCUT2D eigenvalue weighted by atomic mass is 16.6. The molecule has 1 amide bonds. The second-order valence-electron chi connectivity index (χ2n) is 8.29. The molecule has 1 aromatic rings. The Balaban J connectivity index is 1.69. The van der Waals surface area contributed by atoms with E-state index in [1.807, 2.05) is 13.8 Å². The molecule has 6 heteroatoms. The smallest absolute Gasteiger partial charge is 0.416 e. The van der Waals surface area contributed by atoms with Gasteiger partial charge in [0.25, 0.3) is 0 Å². The Hall–Kier alpha value is -2.11. The largest absolute Gasteiger partial charge is 0.447 e. The van der Waals surface area contributed by atoms with Crippen LogP contribution in [0.1, 0.15) is 56.8 Å². The molecule has 6 nitrogen and oxygen atoms in total. The van der Waals surface area contributed by atoms with E-state index in [1.165, 1.54) is 12.8 Å². The molecule has 0 radical (unpaired) electrons. The topological polar surface area (TPSA) is 62.7 Å². The standard InChI is InChI=1S/C19H25N3O3/c1-13(23)14-4-5-15(22-17(24)25-12-18(22,2)3)20-16(14)21-10-8-19(6-7-19)9-11-21/h4-5H,6-12H2,1-3H3. The summed E-state index contributed by atoms with van der Waals surface area (Å²) in [5.74, 6) is 1.26. The van der Waals surface area contributed by atoms with Gasteiger partial charge in [0, 0.05) is 13.1 Å². The summed E-state index contributed by atoms with van der Waals surface area (Å²) in [6.07, 6.45) is 4.61. The number of rotatable bonds is 3. The number of cyclic esters (lactones) is 1. The van der Waals surface area contributed by atoms with E-state index in [9.17, 15) is 9.59 Å². The fraction of sp³-hybridized carbons (Fsp3) is 0.632. The second kappa shape index (κ2) is 5.44. The molecule has 1 saturated carbocycles. The van der Waals surface area contributed by atoms with Crippen LogP contribution in [-0.4, -0.2) is 42.1 Å². The van der Waals surface area contributed by atoms with Crippen LogP contribution in [0, 0.1) is 5.41 Å². The minimum atomic E-state index is -0.445. The van der Waals surface area contributed by atoms with Gasteiger partial charge in [-0.15, -0.1) is 0 Å². The van der Waals surface area contributed by atoms with Crippen LogP contribution in [0.2, 0.25) is 0 Å². The zero-order valence-corrected chi connectivity index (χ0v) is 15.2. The lowest BCUT2D eigenvalue weighted by molar-refractivity contribution is 0.101. The monoisotopic (exact) mass is 343 g/mol. The van der Waals surface area contributed by atoms with Crippen LogP contribution in [-0.2, 0) is 4.74 Å². The van der Waals surface area contributed by atoms with Gasteiger partial charge in [-0.25, -0.2) is 9.78 Å². The summed E-state index contributed by atoms with van der Waals surface area (Å²) in [5, 5.41) is 0.